The van der Waals surface area contributed by atoms with Crippen LogP contribution in [0.3, 0.4) is 0 Å². The zero-order valence-corrected chi connectivity index (χ0v) is 19.4. The van der Waals surface area contributed by atoms with Crippen molar-refractivity contribution in [1.29, 1.82) is 0 Å². The van der Waals surface area contributed by atoms with Crippen molar-refractivity contribution >= 4 is 17.7 Å². The highest BCUT2D eigenvalue weighted by atomic mass is 16.6. The lowest BCUT2D eigenvalue weighted by Gasteiger charge is -2.29. The topological polar surface area (TPSA) is 74.3 Å². The number of methoxy groups -OCH3 is 1. The summed E-state index contributed by atoms with van der Waals surface area (Å²) in [5.74, 6) is 0.152. The summed E-state index contributed by atoms with van der Waals surface area (Å²) >= 11 is 0. The molecule has 3 atom stereocenters. The first-order chi connectivity index (χ1) is 15.8. The van der Waals surface area contributed by atoms with Gasteiger partial charge >= 0.3 is 12.1 Å². The molecule has 0 bridgehead atoms. The van der Waals surface area contributed by atoms with Gasteiger partial charge in [-0.25, -0.2) is 9.59 Å². The fourth-order valence-corrected chi connectivity index (χ4v) is 5.73. The standard InChI is InChI=1S/C26H29NO6/c1-24(2,3)33-23(29)27-20-11-10-18(30-4)14-19(20)25(21-16-32-22(28)26(21,25)27)12-13-31-15-17-8-6-5-7-9-17/h5-11,14,21H,12-13,15-16H2,1-4H3/t21-,25+,26-/m0/s1. The molecule has 1 saturated carbocycles. The van der Waals surface area contributed by atoms with Crippen molar-refractivity contribution in [2.75, 3.05) is 25.2 Å². The Bertz CT molecular complexity index is 1090. The number of fused-ring (bicyclic) bond motifs is 3. The average Bonchev–Trinajstić information content (AvgIpc) is 3.03. The number of anilines is 1. The van der Waals surface area contributed by atoms with E-state index in [0.29, 0.717) is 31.1 Å². The highest BCUT2D eigenvalue weighted by Gasteiger charge is 2.91. The Morgan fingerprint density at radius 1 is 1.18 bits per heavy atom. The van der Waals surface area contributed by atoms with Crippen molar-refractivity contribution in [3.8, 4) is 5.75 Å². The van der Waals surface area contributed by atoms with E-state index >= 15 is 0 Å². The zero-order valence-electron chi connectivity index (χ0n) is 19.4. The SMILES string of the molecule is COc1ccc2c(c1)[C@]1(CCOCc3ccccc3)[C@@H]3COC(=O)[C@@]31N2C(=O)OC(C)(C)C. The molecule has 3 aliphatic rings. The fourth-order valence-electron chi connectivity index (χ4n) is 5.73. The van der Waals surface area contributed by atoms with Crippen LogP contribution in [0.25, 0.3) is 0 Å². The highest BCUT2D eigenvalue weighted by molar-refractivity contribution is 6.10. The smallest absolute Gasteiger partial charge is 0.415 e. The van der Waals surface area contributed by atoms with Crippen LogP contribution in [0.2, 0.25) is 0 Å². The summed E-state index contributed by atoms with van der Waals surface area (Å²) in [6, 6.07) is 15.5. The predicted octanol–water partition coefficient (Wildman–Crippen LogP) is 4.22. The number of rotatable bonds is 6. The van der Waals surface area contributed by atoms with E-state index in [4.69, 9.17) is 18.9 Å². The van der Waals surface area contributed by atoms with Gasteiger partial charge in [0.05, 0.1) is 26.0 Å². The van der Waals surface area contributed by atoms with Gasteiger partial charge in [0.2, 0.25) is 0 Å². The third-order valence-electron chi connectivity index (χ3n) is 6.99. The Morgan fingerprint density at radius 3 is 2.64 bits per heavy atom. The third-order valence-corrected chi connectivity index (χ3v) is 6.99. The number of hydrogen-bond acceptors (Lipinski definition) is 6. The summed E-state index contributed by atoms with van der Waals surface area (Å²) in [5, 5.41) is 0. The number of benzene rings is 2. The second-order valence-corrected chi connectivity index (χ2v) is 9.88. The van der Waals surface area contributed by atoms with Gasteiger partial charge < -0.3 is 18.9 Å². The Morgan fingerprint density at radius 2 is 1.94 bits per heavy atom. The Kier molecular flexibility index (Phi) is 4.94. The third kappa shape index (κ3) is 3.05. The van der Waals surface area contributed by atoms with E-state index in [1.165, 1.54) is 4.90 Å². The number of carbonyl (C=O) groups excluding carboxylic acids is 2. The molecule has 5 rings (SSSR count). The van der Waals surface area contributed by atoms with Gasteiger partial charge in [-0.1, -0.05) is 30.3 Å². The van der Waals surface area contributed by atoms with Crippen LogP contribution in [0.15, 0.2) is 48.5 Å². The van der Waals surface area contributed by atoms with Crippen molar-refractivity contribution < 1.29 is 28.5 Å². The monoisotopic (exact) mass is 451 g/mol. The summed E-state index contributed by atoms with van der Waals surface area (Å²) < 4.78 is 22.7. The normalized spacial score (nSPS) is 26.8. The molecule has 0 N–H and O–H groups in total. The number of esters is 1. The van der Waals surface area contributed by atoms with E-state index in [1.54, 1.807) is 13.2 Å². The van der Waals surface area contributed by atoms with E-state index < -0.39 is 22.6 Å². The van der Waals surface area contributed by atoms with Gasteiger partial charge in [-0.3, -0.25) is 4.90 Å². The summed E-state index contributed by atoms with van der Waals surface area (Å²) in [7, 11) is 1.61. The molecular formula is C26H29NO6. The summed E-state index contributed by atoms with van der Waals surface area (Å²) in [6.45, 7) is 6.65. The molecule has 1 spiro atoms. The summed E-state index contributed by atoms with van der Waals surface area (Å²) in [4.78, 5) is 28.2. The van der Waals surface area contributed by atoms with Crippen LogP contribution in [0.4, 0.5) is 10.5 Å². The quantitative estimate of drug-likeness (QED) is 0.484. The number of cyclic esters (lactones) is 1. The van der Waals surface area contributed by atoms with Crippen LogP contribution < -0.4 is 9.64 Å². The minimum Gasteiger partial charge on any atom is -0.497 e. The maximum Gasteiger partial charge on any atom is 0.415 e. The first-order valence-corrected chi connectivity index (χ1v) is 11.3. The van der Waals surface area contributed by atoms with Crippen LogP contribution in [0.5, 0.6) is 5.75 Å². The molecular weight excluding hydrogens is 422 g/mol. The molecule has 0 radical (unpaired) electrons. The summed E-state index contributed by atoms with van der Waals surface area (Å²) in [6.07, 6.45) is 0.0429. The molecule has 2 aliphatic heterocycles. The van der Waals surface area contributed by atoms with E-state index in [0.717, 1.165) is 11.1 Å². The van der Waals surface area contributed by atoms with Crippen molar-refractivity contribution in [1.82, 2.24) is 0 Å². The lowest BCUT2D eigenvalue weighted by Crippen LogP contribution is -2.50. The largest absolute Gasteiger partial charge is 0.497 e. The van der Waals surface area contributed by atoms with Gasteiger partial charge in [-0.2, -0.15) is 0 Å². The van der Waals surface area contributed by atoms with Crippen LogP contribution in [0, 0.1) is 5.92 Å². The number of nitrogens with zero attached hydrogens (tertiary/aromatic N) is 1. The molecule has 7 nitrogen and oxygen atoms in total. The molecule has 1 aliphatic carbocycles. The first-order valence-electron chi connectivity index (χ1n) is 11.3. The molecule has 33 heavy (non-hydrogen) atoms. The average molecular weight is 452 g/mol. The van der Waals surface area contributed by atoms with Gasteiger partial charge in [-0.05, 0) is 56.5 Å². The number of hydrogen-bond donors (Lipinski definition) is 0. The van der Waals surface area contributed by atoms with Crippen molar-refractivity contribution in [2.45, 2.75) is 50.4 Å². The number of carbonyl (C=O) groups is 2. The van der Waals surface area contributed by atoms with Crippen LogP contribution in [0.1, 0.15) is 38.3 Å². The molecule has 2 aromatic carbocycles. The minimum atomic E-state index is -1.10. The molecule has 2 heterocycles. The van der Waals surface area contributed by atoms with E-state index in [9.17, 15) is 9.59 Å². The van der Waals surface area contributed by atoms with E-state index in [2.05, 4.69) is 0 Å². The number of ether oxygens (including phenoxy) is 4. The lowest BCUT2D eigenvalue weighted by molar-refractivity contribution is -0.143. The second-order valence-electron chi connectivity index (χ2n) is 9.88. The molecule has 174 valence electrons. The van der Waals surface area contributed by atoms with Crippen molar-refractivity contribution in [3.05, 3.63) is 59.7 Å². The molecule has 1 amide bonds. The highest BCUT2D eigenvalue weighted by Crippen LogP contribution is 2.77. The molecule has 0 unspecified atom stereocenters. The zero-order chi connectivity index (χ0) is 23.4. The van der Waals surface area contributed by atoms with Gasteiger partial charge in [0.15, 0.2) is 5.54 Å². The lowest BCUT2D eigenvalue weighted by atomic mass is 9.87. The van der Waals surface area contributed by atoms with Gasteiger partial charge in [0.1, 0.15) is 11.4 Å². The Hall–Kier alpha value is -3.06. The summed E-state index contributed by atoms with van der Waals surface area (Å²) in [5.41, 5.74) is 0.293. The van der Waals surface area contributed by atoms with Gasteiger partial charge in [-0.15, -0.1) is 0 Å². The Labute approximate surface area is 193 Å². The van der Waals surface area contributed by atoms with Gasteiger partial charge in [0, 0.05) is 17.9 Å². The number of amides is 1. The van der Waals surface area contributed by atoms with Gasteiger partial charge in [0.25, 0.3) is 0 Å². The second kappa shape index (κ2) is 7.48. The van der Waals surface area contributed by atoms with Crippen molar-refractivity contribution in [3.63, 3.8) is 0 Å². The first kappa shape index (κ1) is 21.8. The minimum absolute atomic E-state index is 0.148. The molecule has 2 aromatic rings. The molecule has 2 fully saturated rings. The molecule has 7 heteroatoms. The predicted molar refractivity (Wildman–Crippen MR) is 121 cm³/mol. The van der Waals surface area contributed by atoms with E-state index in [-0.39, 0.29) is 18.5 Å². The maximum atomic E-state index is 13.4. The van der Waals surface area contributed by atoms with Crippen LogP contribution in [-0.4, -0.2) is 43.5 Å². The fraction of sp³-hybridized carbons (Fsp3) is 0.462. The molecule has 1 saturated heterocycles. The van der Waals surface area contributed by atoms with Crippen molar-refractivity contribution in [2.24, 2.45) is 5.92 Å². The van der Waals surface area contributed by atoms with Crippen LogP contribution in [-0.2, 0) is 31.0 Å². The maximum absolute atomic E-state index is 13.4. The molecule has 0 aromatic heterocycles. The van der Waals surface area contributed by atoms with E-state index in [1.807, 2.05) is 63.2 Å². The Balaban J connectivity index is 1.49. The van der Waals surface area contributed by atoms with Crippen LogP contribution >= 0.6 is 0 Å².